The van der Waals surface area contributed by atoms with Crippen molar-refractivity contribution in [1.29, 1.82) is 0 Å². The van der Waals surface area contributed by atoms with E-state index in [1.165, 1.54) is 5.56 Å². The van der Waals surface area contributed by atoms with E-state index in [4.69, 9.17) is 4.52 Å². The third-order valence-corrected chi connectivity index (χ3v) is 3.14. The highest BCUT2D eigenvalue weighted by Gasteiger charge is 2.16. The number of aryl methyl sites for hydroxylation is 1. The van der Waals surface area contributed by atoms with Gasteiger partial charge >= 0.3 is 0 Å². The molecule has 1 aromatic heterocycles. The second kappa shape index (κ2) is 5.31. The maximum atomic E-state index is 9.82. The van der Waals surface area contributed by atoms with E-state index < -0.39 is 6.10 Å². The molecular formula is C14H18N2O2. The molecule has 2 rings (SSSR count). The standard InChI is InChI=1S/C14H18N2O2/c1-4-6-12(17)13-15-14(18-16-13)11-8-5-7-9(2)10(11)3/h5,7-8,12,17H,4,6H2,1-3H3. The Morgan fingerprint density at radius 1 is 1.33 bits per heavy atom. The molecule has 0 spiro atoms. The number of aromatic nitrogens is 2. The molecule has 1 N–H and O–H groups in total. The second-order valence-corrected chi connectivity index (χ2v) is 4.51. The summed E-state index contributed by atoms with van der Waals surface area (Å²) in [5.41, 5.74) is 3.23. The summed E-state index contributed by atoms with van der Waals surface area (Å²) in [6.45, 7) is 6.08. The molecule has 18 heavy (non-hydrogen) atoms. The number of hydrogen-bond acceptors (Lipinski definition) is 4. The number of hydrogen-bond donors (Lipinski definition) is 1. The lowest BCUT2D eigenvalue weighted by molar-refractivity contribution is 0.153. The van der Waals surface area contributed by atoms with Crippen LogP contribution >= 0.6 is 0 Å². The molecule has 4 heteroatoms. The van der Waals surface area contributed by atoms with Crippen LogP contribution < -0.4 is 0 Å². The molecule has 0 fully saturated rings. The Labute approximate surface area is 107 Å². The Morgan fingerprint density at radius 2 is 2.11 bits per heavy atom. The van der Waals surface area contributed by atoms with Gasteiger partial charge in [-0.05, 0) is 37.5 Å². The fourth-order valence-corrected chi connectivity index (χ4v) is 1.86. The van der Waals surface area contributed by atoms with Crippen molar-refractivity contribution in [3.8, 4) is 11.5 Å². The molecule has 0 saturated heterocycles. The predicted molar refractivity (Wildman–Crippen MR) is 69.1 cm³/mol. The molecule has 1 unspecified atom stereocenters. The zero-order chi connectivity index (χ0) is 13.1. The molecule has 1 aromatic carbocycles. The molecule has 0 aliphatic rings. The quantitative estimate of drug-likeness (QED) is 0.900. The van der Waals surface area contributed by atoms with Gasteiger partial charge in [0.05, 0.1) is 0 Å². The van der Waals surface area contributed by atoms with E-state index in [2.05, 4.69) is 10.1 Å². The molecule has 0 bridgehead atoms. The average molecular weight is 246 g/mol. The number of rotatable bonds is 4. The topological polar surface area (TPSA) is 59.2 Å². The second-order valence-electron chi connectivity index (χ2n) is 4.51. The molecule has 0 amide bonds. The van der Waals surface area contributed by atoms with Crippen LogP contribution in [0.2, 0.25) is 0 Å². The maximum absolute atomic E-state index is 9.82. The van der Waals surface area contributed by atoms with Gasteiger partial charge in [0.2, 0.25) is 5.82 Å². The van der Waals surface area contributed by atoms with Crippen molar-refractivity contribution in [3.63, 3.8) is 0 Å². The number of nitrogens with zero attached hydrogens (tertiary/aromatic N) is 2. The lowest BCUT2D eigenvalue weighted by Crippen LogP contribution is -1.99. The Morgan fingerprint density at radius 3 is 2.83 bits per heavy atom. The third kappa shape index (κ3) is 2.43. The SMILES string of the molecule is CCCC(O)c1noc(-c2cccc(C)c2C)n1. The van der Waals surface area contributed by atoms with Crippen molar-refractivity contribution in [3.05, 3.63) is 35.2 Å². The van der Waals surface area contributed by atoms with Gasteiger partial charge in [0.1, 0.15) is 6.10 Å². The van der Waals surface area contributed by atoms with Crippen LogP contribution in [-0.4, -0.2) is 15.2 Å². The van der Waals surface area contributed by atoms with E-state index in [9.17, 15) is 5.11 Å². The molecular weight excluding hydrogens is 228 g/mol. The van der Waals surface area contributed by atoms with E-state index in [1.807, 2.05) is 39.0 Å². The van der Waals surface area contributed by atoms with Gasteiger partial charge < -0.3 is 9.63 Å². The van der Waals surface area contributed by atoms with Crippen molar-refractivity contribution in [1.82, 2.24) is 10.1 Å². The molecule has 0 aliphatic heterocycles. The Bertz CT molecular complexity index is 534. The summed E-state index contributed by atoms with van der Waals surface area (Å²) in [7, 11) is 0. The minimum Gasteiger partial charge on any atom is -0.385 e. The summed E-state index contributed by atoms with van der Waals surface area (Å²) in [6.07, 6.45) is 0.887. The van der Waals surface area contributed by atoms with Crippen molar-refractivity contribution >= 4 is 0 Å². The molecule has 2 aromatic rings. The number of aliphatic hydroxyl groups is 1. The van der Waals surface area contributed by atoms with Gasteiger partial charge in [-0.1, -0.05) is 30.6 Å². The molecule has 4 nitrogen and oxygen atoms in total. The highest BCUT2D eigenvalue weighted by atomic mass is 16.5. The van der Waals surface area contributed by atoms with Crippen LogP contribution in [0.3, 0.4) is 0 Å². The molecule has 96 valence electrons. The summed E-state index contributed by atoms with van der Waals surface area (Å²) in [5.74, 6) is 0.842. The zero-order valence-electron chi connectivity index (χ0n) is 11.0. The Kier molecular flexibility index (Phi) is 3.77. The third-order valence-electron chi connectivity index (χ3n) is 3.14. The summed E-state index contributed by atoms with van der Waals surface area (Å²) in [6, 6.07) is 5.96. The summed E-state index contributed by atoms with van der Waals surface area (Å²) in [5, 5.41) is 13.7. The van der Waals surface area contributed by atoms with Crippen molar-refractivity contribution in [2.45, 2.75) is 39.7 Å². The van der Waals surface area contributed by atoms with Crippen LogP contribution in [0.4, 0.5) is 0 Å². The zero-order valence-corrected chi connectivity index (χ0v) is 11.0. The molecule has 0 aliphatic carbocycles. The van der Waals surface area contributed by atoms with Crippen LogP contribution in [0.15, 0.2) is 22.7 Å². The van der Waals surface area contributed by atoms with Crippen molar-refractivity contribution in [2.75, 3.05) is 0 Å². The maximum Gasteiger partial charge on any atom is 0.258 e. The monoisotopic (exact) mass is 246 g/mol. The van der Waals surface area contributed by atoms with Crippen LogP contribution in [0.1, 0.15) is 42.8 Å². The first-order chi connectivity index (χ1) is 8.63. The fraction of sp³-hybridized carbons (Fsp3) is 0.429. The van der Waals surface area contributed by atoms with Gasteiger partial charge in [-0.15, -0.1) is 0 Å². The van der Waals surface area contributed by atoms with E-state index in [0.717, 1.165) is 17.5 Å². The summed E-state index contributed by atoms with van der Waals surface area (Å²) in [4.78, 5) is 4.27. The van der Waals surface area contributed by atoms with Gasteiger partial charge in [-0.3, -0.25) is 0 Å². The Balaban J connectivity index is 2.32. The highest BCUT2D eigenvalue weighted by molar-refractivity contribution is 5.60. The fourth-order valence-electron chi connectivity index (χ4n) is 1.86. The van der Waals surface area contributed by atoms with E-state index in [0.29, 0.717) is 18.1 Å². The Hall–Kier alpha value is -1.68. The first kappa shape index (κ1) is 12.8. The van der Waals surface area contributed by atoms with E-state index in [-0.39, 0.29) is 0 Å². The van der Waals surface area contributed by atoms with Gasteiger partial charge in [0.15, 0.2) is 0 Å². The lowest BCUT2D eigenvalue weighted by atomic mass is 10.0. The normalized spacial score (nSPS) is 12.7. The molecule has 1 atom stereocenters. The molecule has 0 radical (unpaired) electrons. The van der Waals surface area contributed by atoms with Crippen LogP contribution in [0.5, 0.6) is 0 Å². The van der Waals surface area contributed by atoms with Crippen molar-refractivity contribution < 1.29 is 9.63 Å². The lowest BCUT2D eigenvalue weighted by Gasteiger charge is -2.03. The smallest absolute Gasteiger partial charge is 0.258 e. The average Bonchev–Trinajstić information content (AvgIpc) is 2.82. The van der Waals surface area contributed by atoms with Crippen LogP contribution in [-0.2, 0) is 0 Å². The van der Waals surface area contributed by atoms with Gasteiger partial charge in [0, 0.05) is 5.56 Å². The predicted octanol–water partition coefficient (Wildman–Crippen LogP) is 3.19. The van der Waals surface area contributed by atoms with Gasteiger partial charge in [-0.2, -0.15) is 4.98 Å². The minimum absolute atomic E-state index is 0.368. The van der Waals surface area contributed by atoms with Gasteiger partial charge in [0.25, 0.3) is 5.89 Å². The first-order valence-electron chi connectivity index (χ1n) is 6.21. The molecule has 1 heterocycles. The van der Waals surface area contributed by atoms with Gasteiger partial charge in [-0.25, -0.2) is 0 Å². The van der Waals surface area contributed by atoms with E-state index in [1.54, 1.807) is 0 Å². The number of aliphatic hydroxyl groups excluding tert-OH is 1. The van der Waals surface area contributed by atoms with E-state index >= 15 is 0 Å². The minimum atomic E-state index is -0.641. The van der Waals surface area contributed by atoms with Crippen LogP contribution in [0, 0.1) is 13.8 Å². The number of benzene rings is 1. The van der Waals surface area contributed by atoms with Crippen LogP contribution in [0.25, 0.3) is 11.5 Å². The largest absolute Gasteiger partial charge is 0.385 e. The highest BCUT2D eigenvalue weighted by Crippen LogP contribution is 2.25. The van der Waals surface area contributed by atoms with Crippen molar-refractivity contribution in [2.24, 2.45) is 0 Å². The summed E-state index contributed by atoms with van der Waals surface area (Å²) >= 11 is 0. The summed E-state index contributed by atoms with van der Waals surface area (Å²) < 4.78 is 5.23. The first-order valence-corrected chi connectivity index (χ1v) is 6.21. The molecule has 0 saturated carbocycles.